The fourth-order valence-corrected chi connectivity index (χ4v) is 3.78. The molecule has 1 aliphatic rings. The van der Waals surface area contributed by atoms with E-state index in [1.807, 2.05) is 72.1 Å². The Kier molecular flexibility index (Phi) is 4.64. The first kappa shape index (κ1) is 16.7. The molecule has 0 radical (unpaired) electrons. The van der Waals surface area contributed by atoms with Crippen LogP contribution in [0.3, 0.4) is 0 Å². The molecule has 0 aliphatic carbocycles. The number of hydrogen-bond donors (Lipinski definition) is 0. The molecule has 0 N–H and O–H groups in total. The van der Waals surface area contributed by atoms with Gasteiger partial charge in [0, 0.05) is 47.1 Å². The van der Waals surface area contributed by atoms with Crippen molar-refractivity contribution in [1.29, 1.82) is 0 Å². The fraction of sp³-hybridized carbons (Fsp3) is 0.182. The van der Waals surface area contributed by atoms with Crippen LogP contribution >= 0.6 is 11.8 Å². The Morgan fingerprint density at radius 3 is 3.04 bits per heavy atom. The van der Waals surface area contributed by atoms with E-state index < -0.39 is 0 Å². The molecule has 0 bridgehead atoms. The monoisotopic (exact) mass is 360 g/mol. The van der Waals surface area contributed by atoms with Crippen molar-refractivity contribution in [1.82, 2.24) is 0 Å². The van der Waals surface area contributed by atoms with Crippen molar-refractivity contribution in [3.05, 3.63) is 75.4 Å². The van der Waals surface area contributed by atoms with Gasteiger partial charge < -0.3 is 4.42 Å². The van der Waals surface area contributed by atoms with Gasteiger partial charge in [0.25, 0.3) is 0 Å². The summed E-state index contributed by atoms with van der Waals surface area (Å²) in [5, 5.41) is 0.934. The SMILES string of the molecule is C[n+]1ccccc1/C=C/c1cc2cc3c(cc2oc1=O)C#CCCSC3. The third-order valence-corrected chi connectivity index (χ3v) is 5.37. The van der Waals surface area contributed by atoms with Crippen molar-refractivity contribution < 1.29 is 8.98 Å². The van der Waals surface area contributed by atoms with E-state index in [1.165, 1.54) is 5.56 Å². The molecule has 0 saturated heterocycles. The number of thioether (sulfide) groups is 1. The van der Waals surface area contributed by atoms with Gasteiger partial charge >= 0.3 is 5.63 Å². The molecule has 4 heteroatoms. The first-order valence-corrected chi connectivity index (χ1v) is 9.66. The number of benzene rings is 1. The van der Waals surface area contributed by atoms with Crippen molar-refractivity contribution in [2.45, 2.75) is 12.2 Å². The summed E-state index contributed by atoms with van der Waals surface area (Å²) >= 11 is 1.89. The molecule has 0 spiro atoms. The molecule has 0 unspecified atom stereocenters. The summed E-state index contributed by atoms with van der Waals surface area (Å²) < 4.78 is 7.56. The largest absolute Gasteiger partial charge is 0.422 e. The molecule has 0 atom stereocenters. The second-order valence-corrected chi connectivity index (χ2v) is 7.32. The number of aromatic nitrogens is 1. The lowest BCUT2D eigenvalue weighted by Gasteiger charge is -2.08. The van der Waals surface area contributed by atoms with E-state index in [4.69, 9.17) is 4.42 Å². The van der Waals surface area contributed by atoms with E-state index in [-0.39, 0.29) is 5.63 Å². The predicted molar refractivity (Wildman–Crippen MR) is 107 cm³/mol. The van der Waals surface area contributed by atoms with E-state index in [1.54, 1.807) is 0 Å². The minimum absolute atomic E-state index is 0.333. The fourth-order valence-electron chi connectivity index (χ4n) is 2.93. The van der Waals surface area contributed by atoms with Crippen LogP contribution in [0.2, 0.25) is 0 Å². The average Bonchev–Trinajstić information content (AvgIpc) is 2.61. The molecule has 3 heterocycles. The minimum atomic E-state index is -0.333. The maximum Gasteiger partial charge on any atom is 0.343 e. The van der Waals surface area contributed by atoms with Crippen LogP contribution in [0.15, 0.2) is 51.8 Å². The topological polar surface area (TPSA) is 34.1 Å². The van der Waals surface area contributed by atoms with Gasteiger partial charge in [0.05, 0.1) is 5.56 Å². The summed E-state index contributed by atoms with van der Waals surface area (Å²) in [6.45, 7) is 0. The maximum absolute atomic E-state index is 12.4. The Morgan fingerprint density at radius 1 is 1.23 bits per heavy atom. The van der Waals surface area contributed by atoms with Gasteiger partial charge in [0.15, 0.2) is 6.20 Å². The van der Waals surface area contributed by atoms with Crippen molar-refractivity contribution in [2.24, 2.45) is 7.05 Å². The molecule has 1 aromatic carbocycles. The Morgan fingerprint density at radius 2 is 2.15 bits per heavy atom. The van der Waals surface area contributed by atoms with Gasteiger partial charge in [-0.05, 0) is 35.9 Å². The van der Waals surface area contributed by atoms with Crippen molar-refractivity contribution >= 4 is 34.9 Å². The van der Waals surface area contributed by atoms with Crippen LogP contribution < -0.4 is 10.2 Å². The van der Waals surface area contributed by atoms with Crippen LogP contribution in [0.1, 0.15) is 28.8 Å². The molecule has 128 valence electrons. The van der Waals surface area contributed by atoms with Gasteiger partial charge in [-0.2, -0.15) is 11.8 Å². The lowest BCUT2D eigenvalue weighted by molar-refractivity contribution is -0.673. The molecule has 1 aliphatic heterocycles. The van der Waals surface area contributed by atoms with Gasteiger partial charge in [-0.25, -0.2) is 9.36 Å². The summed E-state index contributed by atoms with van der Waals surface area (Å²) in [6, 6.07) is 11.8. The van der Waals surface area contributed by atoms with E-state index >= 15 is 0 Å². The number of pyridine rings is 1. The molecule has 0 fully saturated rings. The van der Waals surface area contributed by atoms with E-state index in [0.29, 0.717) is 11.1 Å². The third-order valence-electron chi connectivity index (χ3n) is 4.37. The number of rotatable bonds is 2. The van der Waals surface area contributed by atoms with Gasteiger partial charge in [0.2, 0.25) is 5.69 Å². The van der Waals surface area contributed by atoms with Crippen LogP contribution in [0, 0.1) is 11.8 Å². The highest BCUT2D eigenvalue weighted by Gasteiger charge is 2.10. The lowest BCUT2D eigenvalue weighted by atomic mass is 10.0. The highest BCUT2D eigenvalue weighted by molar-refractivity contribution is 7.98. The quantitative estimate of drug-likeness (QED) is 0.396. The van der Waals surface area contributed by atoms with Gasteiger partial charge in [-0.1, -0.05) is 11.8 Å². The number of nitrogens with zero attached hydrogens (tertiary/aromatic N) is 1. The highest BCUT2D eigenvalue weighted by Crippen LogP contribution is 2.25. The lowest BCUT2D eigenvalue weighted by Crippen LogP contribution is -2.30. The van der Waals surface area contributed by atoms with Crippen LogP contribution in [0.4, 0.5) is 0 Å². The molecular weight excluding hydrogens is 342 g/mol. The predicted octanol–water partition coefficient (Wildman–Crippen LogP) is 3.78. The number of hydrogen-bond acceptors (Lipinski definition) is 3. The number of fused-ring (bicyclic) bond motifs is 2. The normalized spacial score (nSPS) is 13.7. The zero-order valence-corrected chi connectivity index (χ0v) is 15.3. The summed E-state index contributed by atoms with van der Waals surface area (Å²) in [6.07, 6.45) is 6.60. The third kappa shape index (κ3) is 3.44. The Labute approximate surface area is 156 Å². The molecule has 3 aromatic rings. The van der Waals surface area contributed by atoms with E-state index in [0.717, 1.165) is 34.6 Å². The van der Waals surface area contributed by atoms with Gasteiger partial charge in [0.1, 0.15) is 12.6 Å². The van der Waals surface area contributed by atoms with Crippen molar-refractivity contribution in [3.8, 4) is 11.8 Å². The summed E-state index contributed by atoms with van der Waals surface area (Å²) in [7, 11) is 1.97. The van der Waals surface area contributed by atoms with Crippen molar-refractivity contribution in [2.75, 3.05) is 5.75 Å². The van der Waals surface area contributed by atoms with E-state index in [9.17, 15) is 4.79 Å². The Hall–Kier alpha value is -2.77. The molecule has 0 amide bonds. The summed E-state index contributed by atoms with van der Waals surface area (Å²) in [5.41, 5.74) is 3.99. The van der Waals surface area contributed by atoms with Gasteiger partial charge in [-0.3, -0.25) is 0 Å². The summed E-state index contributed by atoms with van der Waals surface area (Å²) in [4.78, 5) is 12.4. The van der Waals surface area contributed by atoms with Crippen LogP contribution in [0.5, 0.6) is 0 Å². The summed E-state index contributed by atoms with van der Waals surface area (Å²) in [5.74, 6) is 8.36. The van der Waals surface area contributed by atoms with Gasteiger partial charge in [-0.15, -0.1) is 0 Å². The standard InChI is InChI=1S/C22H18NO2S/c1-23-10-4-2-7-20(23)9-8-17-12-18-13-19-15-26-11-5-3-6-16(19)14-21(18)25-22(17)24/h2,4,7-10,12-14H,5,11,15H2,1H3/q+1/b9-8+. The second-order valence-electron chi connectivity index (χ2n) is 6.21. The molecule has 26 heavy (non-hydrogen) atoms. The maximum atomic E-state index is 12.4. The zero-order chi connectivity index (χ0) is 17.9. The first-order chi connectivity index (χ1) is 12.7. The zero-order valence-electron chi connectivity index (χ0n) is 14.5. The molecule has 2 aromatic heterocycles. The molecular formula is C22H18NO2S+. The number of aryl methyl sites for hydroxylation is 1. The molecule has 4 rings (SSSR count). The van der Waals surface area contributed by atoms with Crippen LogP contribution in [0.25, 0.3) is 23.1 Å². The second kappa shape index (κ2) is 7.23. The Bertz CT molecular complexity index is 1130. The van der Waals surface area contributed by atoms with Crippen molar-refractivity contribution in [3.63, 3.8) is 0 Å². The first-order valence-electron chi connectivity index (χ1n) is 8.51. The smallest absolute Gasteiger partial charge is 0.343 e. The minimum Gasteiger partial charge on any atom is -0.422 e. The van der Waals surface area contributed by atoms with Crippen LogP contribution in [-0.4, -0.2) is 5.75 Å². The van der Waals surface area contributed by atoms with Crippen LogP contribution in [-0.2, 0) is 12.8 Å². The van der Waals surface area contributed by atoms with E-state index in [2.05, 4.69) is 17.9 Å². The molecule has 3 nitrogen and oxygen atoms in total. The average molecular weight is 360 g/mol. The molecule has 0 saturated carbocycles. The highest BCUT2D eigenvalue weighted by atomic mass is 32.2. The Balaban J connectivity index is 1.78.